The largest absolute Gasteiger partial charge is 0.494 e. The number of H-pyrrole nitrogens is 1. The number of hydrogen-bond donors (Lipinski definition) is 2. The SMILES string of the molecule is C/C(=N\c1ncc(C)s1)c1c(O)[nH]c2cnc(-c3c(C)cccc3F)cc12. The van der Waals surface area contributed by atoms with E-state index < -0.39 is 0 Å². The summed E-state index contributed by atoms with van der Waals surface area (Å²) in [6.07, 6.45) is 3.36. The van der Waals surface area contributed by atoms with Crippen molar-refractivity contribution < 1.29 is 9.50 Å². The van der Waals surface area contributed by atoms with Gasteiger partial charge < -0.3 is 10.1 Å². The number of hydrogen-bond acceptors (Lipinski definition) is 5. The Morgan fingerprint density at radius 1 is 1.22 bits per heavy atom. The molecule has 0 aliphatic heterocycles. The third-order valence-corrected chi connectivity index (χ3v) is 5.18. The molecule has 0 unspecified atom stereocenters. The van der Waals surface area contributed by atoms with Gasteiger partial charge in [0, 0.05) is 22.0 Å². The molecule has 27 heavy (non-hydrogen) atoms. The fourth-order valence-corrected chi connectivity index (χ4v) is 3.81. The lowest BCUT2D eigenvalue weighted by molar-refractivity contribution is 0.457. The molecule has 3 aromatic heterocycles. The Morgan fingerprint density at radius 2 is 2.04 bits per heavy atom. The zero-order chi connectivity index (χ0) is 19.1. The standard InChI is InChI=1S/C20H17FN4OS/c1-10-5-4-6-14(21)17(10)15-7-13-16(9-22-15)25-19(26)18(13)12(3)24-20-23-8-11(2)27-20/h4-9,25-26H,1-3H3/b24-12+. The summed E-state index contributed by atoms with van der Waals surface area (Å²) in [6.45, 7) is 5.62. The molecule has 0 saturated carbocycles. The number of aryl methyl sites for hydroxylation is 2. The summed E-state index contributed by atoms with van der Waals surface area (Å²) in [6, 6.07) is 6.71. The fourth-order valence-electron chi connectivity index (χ4n) is 3.13. The third kappa shape index (κ3) is 3.10. The Hall–Kier alpha value is -3.06. The van der Waals surface area contributed by atoms with Crippen molar-refractivity contribution in [1.82, 2.24) is 15.0 Å². The predicted molar refractivity (Wildman–Crippen MR) is 107 cm³/mol. The van der Waals surface area contributed by atoms with Gasteiger partial charge in [0.2, 0.25) is 5.13 Å². The van der Waals surface area contributed by atoms with Crippen LogP contribution in [0.4, 0.5) is 9.52 Å². The van der Waals surface area contributed by atoms with Crippen LogP contribution in [0.25, 0.3) is 22.2 Å². The maximum atomic E-state index is 14.4. The maximum Gasteiger partial charge on any atom is 0.209 e. The number of pyridine rings is 1. The molecule has 5 nitrogen and oxygen atoms in total. The van der Waals surface area contributed by atoms with Crippen molar-refractivity contribution in [3.05, 3.63) is 58.5 Å². The molecule has 0 aliphatic carbocycles. The van der Waals surface area contributed by atoms with Gasteiger partial charge in [-0.05, 0) is 38.5 Å². The summed E-state index contributed by atoms with van der Waals surface area (Å²) in [5.41, 5.74) is 3.61. The smallest absolute Gasteiger partial charge is 0.209 e. The van der Waals surface area contributed by atoms with E-state index in [4.69, 9.17) is 0 Å². The van der Waals surface area contributed by atoms with Gasteiger partial charge in [-0.2, -0.15) is 0 Å². The van der Waals surface area contributed by atoms with Crippen LogP contribution in [-0.2, 0) is 0 Å². The molecule has 0 saturated heterocycles. The fraction of sp³-hybridized carbons (Fsp3) is 0.150. The number of rotatable bonds is 3. The first kappa shape index (κ1) is 17.4. The number of fused-ring (bicyclic) bond motifs is 1. The highest BCUT2D eigenvalue weighted by Gasteiger charge is 2.17. The second-order valence-corrected chi connectivity index (χ2v) is 7.56. The van der Waals surface area contributed by atoms with Gasteiger partial charge in [-0.1, -0.05) is 12.1 Å². The van der Waals surface area contributed by atoms with E-state index in [1.165, 1.54) is 17.4 Å². The minimum Gasteiger partial charge on any atom is -0.494 e. The average molecular weight is 380 g/mol. The highest BCUT2D eigenvalue weighted by Crippen LogP contribution is 2.33. The average Bonchev–Trinajstić information content (AvgIpc) is 3.16. The lowest BCUT2D eigenvalue weighted by Crippen LogP contribution is -1.95. The van der Waals surface area contributed by atoms with Gasteiger partial charge in [0.1, 0.15) is 5.82 Å². The molecule has 7 heteroatoms. The minimum absolute atomic E-state index is 0.00346. The number of nitrogens with zero attached hydrogens (tertiary/aromatic N) is 3. The molecule has 0 bridgehead atoms. The number of aromatic nitrogens is 3. The predicted octanol–water partition coefficient (Wildman–Crippen LogP) is 5.29. The molecule has 1 aromatic carbocycles. The molecule has 4 aromatic rings. The lowest BCUT2D eigenvalue weighted by atomic mass is 10.0. The molecule has 0 amide bonds. The van der Waals surface area contributed by atoms with Crippen molar-refractivity contribution in [2.45, 2.75) is 20.8 Å². The summed E-state index contributed by atoms with van der Waals surface area (Å²) < 4.78 is 14.4. The molecule has 0 spiro atoms. The van der Waals surface area contributed by atoms with Crippen molar-refractivity contribution >= 4 is 33.1 Å². The van der Waals surface area contributed by atoms with Crippen LogP contribution in [0, 0.1) is 19.7 Å². The Morgan fingerprint density at radius 3 is 2.74 bits per heavy atom. The summed E-state index contributed by atoms with van der Waals surface area (Å²) in [7, 11) is 0. The quantitative estimate of drug-likeness (QED) is 0.474. The van der Waals surface area contributed by atoms with Crippen molar-refractivity contribution in [1.29, 1.82) is 0 Å². The number of aromatic hydroxyl groups is 1. The van der Waals surface area contributed by atoms with E-state index in [9.17, 15) is 9.50 Å². The van der Waals surface area contributed by atoms with Crippen molar-refractivity contribution in [3.63, 3.8) is 0 Å². The topological polar surface area (TPSA) is 74.2 Å². The van der Waals surface area contributed by atoms with Crippen molar-refractivity contribution in [2.24, 2.45) is 4.99 Å². The Bertz CT molecular complexity index is 1170. The molecule has 0 atom stereocenters. The summed E-state index contributed by atoms with van der Waals surface area (Å²) in [5, 5.41) is 11.8. The summed E-state index contributed by atoms with van der Waals surface area (Å²) in [5.74, 6) is -0.324. The van der Waals surface area contributed by atoms with Crippen LogP contribution in [0.5, 0.6) is 5.88 Å². The second kappa shape index (κ2) is 6.59. The first-order chi connectivity index (χ1) is 12.9. The van der Waals surface area contributed by atoms with E-state index in [1.54, 1.807) is 24.5 Å². The van der Waals surface area contributed by atoms with Crippen molar-refractivity contribution in [3.8, 4) is 17.1 Å². The minimum atomic E-state index is -0.327. The van der Waals surface area contributed by atoms with Crippen LogP contribution < -0.4 is 0 Å². The normalized spacial score (nSPS) is 12.1. The van der Waals surface area contributed by atoms with E-state index in [0.717, 1.165) is 15.8 Å². The molecule has 4 rings (SSSR count). The molecule has 0 fully saturated rings. The van der Waals surface area contributed by atoms with Gasteiger partial charge in [-0.25, -0.2) is 14.4 Å². The van der Waals surface area contributed by atoms with Gasteiger partial charge in [0.15, 0.2) is 5.88 Å². The van der Waals surface area contributed by atoms with E-state index in [-0.39, 0.29) is 11.7 Å². The monoisotopic (exact) mass is 380 g/mol. The molecule has 0 radical (unpaired) electrons. The Kier molecular flexibility index (Phi) is 4.24. The van der Waals surface area contributed by atoms with Gasteiger partial charge in [0.05, 0.1) is 28.7 Å². The highest BCUT2D eigenvalue weighted by molar-refractivity contribution is 7.15. The third-order valence-electron chi connectivity index (χ3n) is 4.38. The van der Waals surface area contributed by atoms with E-state index >= 15 is 0 Å². The first-order valence-corrected chi connectivity index (χ1v) is 9.20. The van der Waals surface area contributed by atoms with E-state index in [2.05, 4.69) is 19.9 Å². The first-order valence-electron chi connectivity index (χ1n) is 8.38. The number of aliphatic imine (C=N–C) groups is 1. The molecular weight excluding hydrogens is 363 g/mol. The summed E-state index contributed by atoms with van der Waals surface area (Å²) >= 11 is 1.48. The van der Waals surface area contributed by atoms with Crippen LogP contribution in [0.3, 0.4) is 0 Å². The Balaban J connectivity index is 1.89. The van der Waals surface area contributed by atoms with E-state index in [1.807, 2.05) is 26.8 Å². The molecule has 136 valence electrons. The van der Waals surface area contributed by atoms with Crippen LogP contribution in [0.15, 0.2) is 41.7 Å². The number of halogens is 1. The highest BCUT2D eigenvalue weighted by atomic mass is 32.1. The zero-order valence-electron chi connectivity index (χ0n) is 15.0. The number of benzene rings is 1. The molecule has 0 aliphatic rings. The van der Waals surface area contributed by atoms with Gasteiger partial charge >= 0.3 is 0 Å². The van der Waals surface area contributed by atoms with Crippen LogP contribution >= 0.6 is 11.3 Å². The van der Waals surface area contributed by atoms with Crippen LogP contribution in [-0.4, -0.2) is 25.8 Å². The van der Waals surface area contributed by atoms with Crippen molar-refractivity contribution in [2.75, 3.05) is 0 Å². The molecule has 3 heterocycles. The second-order valence-electron chi connectivity index (χ2n) is 6.35. The van der Waals surface area contributed by atoms with Gasteiger partial charge in [-0.15, -0.1) is 11.3 Å². The van der Waals surface area contributed by atoms with Crippen LogP contribution in [0.2, 0.25) is 0 Å². The van der Waals surface area contributed by atoms with Gasteiger partial charge in [-0.3, -0.25) is 4.98 Å². The van der Waals surface area contributed by atoms with Crippen LogP contribution in [0.1, 0.15) is 22.9 Å². The molecule has 2 N–H and O–H groups in total. The number of nitrogens with one attached hydrogen (secondary N) is 1. The van der Waals surface area contributed by atoms with E-state index in [0.29, 0.717) is 33.2 Å². The lowest BCUT2D eigenvalue weighted by Gasteiger charge is -2.07. The zero-order valence-corrected chi connectivity index (χ0v) is 15.9. The number of thiazole rings is 1. The Labute approximate surface area is 159 Å². The number of aromatic amines is 1. The molecular formula is C20H17FN4OS. The van der Waals surface area contributed by atoms with Gasteiger partial charge in [0.25, 0.3) is 0 Å². The maximum absolute atomic E-state index is 14.4. The summed E-state index contributed by atoms with van der Waals surface area (Å²) in [4.78, 5) is 17.1.